The Bertz CT molecular complexity index is 586. The second kappa shape index (κ2) is 6.00. The minimum Gasteiger partial charge on any atom is -0.479 e. The summed E-state index contributed by atoms with van der Waals surface area (Å²) in [5.41, 5.74) is -1.21. The smallest absolute Gasteiger partial charge is 0.330 e. The Kier molecular flexibility index (Phi) is 4.32. The summed E-state index contributed by atoms with van der Waals surface area (Å²) in [6.07, 6.45) is 0.343. The van der Waals surface area contributed by atoms with Crippen LogP contribution in [0.5, 0.6) is 0 Å². The summed E-state index contributed by atoms with van der Waals surface area (Å²) in [5, 5.41) is 24.8. The van der Waals surface area contributed by atoms with E-state index in [9.17, 15) is 24.8 Å². The van der Waals surface area contributed by atoms with Crippen molar-refractivity contribution in [2.75, 3.05) is 16.8 Å². The molecule has 1 heterocycles. The number of hydrogen-bond donors (Lipinski definition) is 3. The Morgan fingerprint density at radius 1 is 1.43 bits per heavy atom. The minimum atomic E-state index is -1.28. The van der Waals surface area contributed by atoms with E-state index < -0.39 is 22.5 Å². The molecule has 1 aliphatic rings. The molecule has 9 heteroatoms. The van der Waals surface area contributed by atoms with Crippen LogP contribution in [0.25, 0.3) is 0 Å². The molecule has 2 rings (SSSR count). The average molecular weight is 311 g/mol. The monoisotopic (exact) mass is 311 g/mol. The number of hydrogen-bond acceptors (Lipinski definition) is 5. The van der Waals surface area contributed by atoms with Crippen molar-refractivity contribution in [3.8, 4) is 0 Å². The van der Waals surface area contributed by atoms with Crippen molar-refractivity contribution in [1.82, 2.24) is 5.32 Å². The molecule has 1 atom stereocenters. The molecule has 1 saturated heterocycles. The van der Waals surface area contributed by atoms with Gasteiger partial charge in [0.05, 0.1) is 4.92 Å². The number of nitrogens with zero attached hydrogens (tertiary/aromatic N) is 1. The van der Waals surface area contributed by atoms with Crippen LogP contribution in [0, 0.1) is 10.1 Å². The number of amides is 2. The number of carboxylic acid groups (broad SMARTS) is 1. The van der Waals surface area contributed by atoms with Crippen LogP contribution in [-0.2, 0) is 4.79 Å². The number of carboxylic acids is 1. The van der Waals surface area contributed by atoms with Gasteiger partial charge >= 0.3 is 12.0 Å². The number of benzene rings is 1. The molecule has 1 aromatic carbocycles. The van der Waals surface area contributed by atoms with E-state index in [1.165, 1.54) is 36.0 Å². The minimum absolute atomic E-state index is 0.155. The molecule has 0 radical (unpaired) electrons. The van der Waals surface area contributed by atoms with Crippen molar-refractivity contribution >= 4 is 35.1 Å². The van der Waals surface area contributed by atoms with Crippen LogP contribution in [0.15, 0.2) is 24.3 Å². The lowest BCUT2D eigenvalue weighted by atomic mass is 10.00. The van der Waals surface area contributed by atoms with Crippen LogP contribution >= 0.6 is 11.8 Å². The first kappa shape index (κ1) is 15.1. The zero-order valence-electron chi connectivity index (χ0n) is 10.9. The highest BCUT2D eigenvalue weighted by Gasteiger charge is 2.43. The molecular weight excluding hydrogens is 298 g/mol. The lowest BCUT2D eigenvalue weighted by molar-refractivity contribution is -0.384. The van der Waals surface area contributed by atoms with Gasteiger partial charge in [-0.2, -0.15) is 11.8 Å². The van der Waals surface area contributed by atoms with Gasteiger partial charge in [0.25, 0.3) is 5.69 Å². The fourth-order valence-electron chi connectivity index (χ4n) is 1.96. The molecule has 112 valence electrons. The highest BCUT2D eigenvalue weighted by molar-refractivity contribution is 7.99. The maximum absolute atomic E-state index is 11.9. The van der Waals surface area contributed by atoms with Gasteiger partial charge in [-0.05, 0) is 18.2 Å². The number of nitrogens with one attached hydrogen (secondary N) is 2. The molecule has 0 saturated carbocycles. The zero-order chi connectivity index (χ0) is 15.5. The average Bonchev–Trinajstić information content (AvgIpc) is 2.88. The molecule has 8 nitrogen and oxygen atoms in total. The summed E-state index contributed by atoms with van der Waals surface area (Å²) < 4.78 is 0. The maximum atomic E-state index is 11.9. The van der Waals surface area contributed by atoms with E-state index in [1.807, 2.05) is 0 Å². The predicted octanol–water partition coefficient (Wildman–Crippen LogP) is 1.68. The Morgan fingerprint density at radius 2 is 2.19 bits per heavy atom. The molecular formula is C12H13N3O5S. The van der Waals surface area contributed by atoms with Crippen LogP contribution in [0.4, 0.5) is 16.2 Å². The number of nitro groups is 1. The van der Waals surface area contributed by atoms with Crippen LogP contribution in [0.1, 0.15) is 6.42 Å². The van der Waals surface area contributed by atoms with E-state index in [2.05, 4.69) is 10.6 Å². The van der Waals surface area contributed by atoms with E-state index in [0.29, 0.717) is 17.9 Å². The first-order chi connectivity index (χ1) is 9.93. The quantitative estimate of drug-likeness (QED) is 0.574. The first-order valence-electron chi connectivity index (χ1n) is 6.08. The maximum Gasteiger partial charge on any atom is 0.330 e. The summed E-state index contributed by atoms with van der Waals surface area (Å²) in [4.78, 5) is 33.3. The van der Waals surface area contributed by atoms with Crippen LogP contribution in [0.2, 0.25) is 0 Å². The van der Waals surface area contributed by atoms with E-state index in [4.69, 9.17) is 0 Å². The van der Waals surface area contributed by atoms with Gasteiger partial charge in [0.15, 0.2) is 0 Å². The lowest BCUT2D eigenvalue weighted by Gasteiger charge is -2.24. The summed E-state index contributed by atoms with van der Waals surface area (Å²) in [6.45, 7) is 0. The number of anilines is 1. The molecule has 0 aromatic heterocycles. The second-order valence-corrected chi connectivity index (χ2v) is 5.68. The molecule has 1 fully saturated rings. The summed E-state index contributed by atoms with van der Waals surface area (Å²) in [6, 6.07) is 4.74. The summed E-state index contributed by atoms with van der Waals surface area (Å²) in [7, 11) is 0. The summed E-state index contributed by atoms with van der Waals surface area (Å²) >= 11 is 1.45. The Balaban J connectivity index is 2.06. The van der Waals surface area contributed by atoms with E-state index in [1.54, 1.807) is 0 Å². The van der Waals surface area contributed by atoms with Crippen LogP contribution in [-0.4, -0.2) is 39.1 Å². The number of rotatable bonds is 4. The molecule has 1 aromatic rings. The van der Waals surface area contributed by atoms with Crippen molar-refractivity contribution < 1.29 is 19.6 Å². The normalized spacial score (nSPS) is 20.8. The SMILES string of the molecule is O=C(Nc1cccc([N+](=O)[O-])c1)NC1(C(=O)O)CCSC1. The number of nitro benzene ring substituents is 1. The standard InChI is InChI=1S/C12H13N3O5S/c16-10(17)12(4-5-21-7-12)14-11(18)13-8-2-1-3-9(6-8)15(19)20/h1-3,6H,4-5,7H2,(H,16,17)(H2,13,14,18). The molecule has 21 heavy (non-hydrogen) atoms. The van der Waals surface area contributed by atoms with Gasteiger partial charge < -0.3 is 15.7 Å². The molecule has 3 N–H and O–H groups in total. The highest BCUT2D eigenvalue weighted by Crippen LogP contribution is 2.28. The van der Waals surface area contributed by atoms with E-state index in [-0.39, 0.29) is 11.4 Å². The lowest BCUT2D eigenvalue weighted by Crippen LogP contribution is -2.55. The third kappa shape index (κ3) is 3.43. The van der Waals surface area contributed by atoms with E-state index >= 15 is 0 Å². The second-order valence-electron chi connectivity index (χ2n) is 4.58. The van der Waals surface area contributed by atoms with Crippen molar-refractivity contribution in [2.24, 2.45) is 0 Å². The number of aliphatic carboxylic acids is 1. The van der Waals surface area contributed by atoms with Crippen molar-refractivity contribution in [2.45, 2.75) is 12.0 Å². The fourth-order valence-corrected chi connectivity index (χ4v) is 3.29. The van der Waals surface area contributed by atoms with Crippen molar-refractivity contribution in [1.29, 1.82) is 0 Å². The third-order valence-corrected chi connectivity index (χ3v) is 4.29. The Labute approximate surface area is 124 Å². The van der Waals surface area contributed by atoms with Crippen LogP contribution < -0.4 is 10.6 Å². The molecule has 1 unspecified atom stereocenters. The third-order valence-electron chi connectivity index (χ3n) is 3.10. The highest BCUT2D eigenvalue weighted by atomic mass is 32.2. The summed E-state index contributed by atoms with van der Waals surface area (Å²) in [5.74, 6) is -0.129. The van der Waals surface area contributed by atoms with Gasteiger partial charge in [-0.3, -0.25) is 10.1 Å². The van der Waals surface area contributed by atoms with Gasteiger partial charge in [-0.15, -0.1) is 0 Å². The number of non-ortho nitro benzene ring substituents is 1. The molecule has 0 bridgehead atoms. The molecule has 1 aliphatic heterocycles. The predicted molar refractivity (Wildman–Crippen MR) is 77.6 cm³/mol. The van der Waals surface area contributed by atoms with Crippen molar-refractivity contribution in [3.63, 3.8) is 0 Å². The number of carbonyl (C=O) groups excluding carboxylic acids is 1. The topological polar surface area (TPSA) is 122 Å². The van der Waals surface area contributed by atoms with Gasteiger partial charge in [0, 0.05) is 23.6 Å². The molecule has 0 spiro atoms. The van der Waals surface area contributed by atoms with Crippen molar-refractivity contribution in [3.05, 3.63) is 34.4 Å². The van der Waals surface area contributed by atoms with Gasteiger partial charge in [-0.1, -0.05) is 6.07 Å². The Hall–Kier alpha value is -2.29. The number of carbonyl (C=O) groups is 2. The molecule has 2 amide bonds. The Morgan fingerprint density at radius 3 is 2.76 bits per heavy atom. The van der Waals surface area contributed by atoms with Crippen LogP contribution in [0.3, 0.4) is 0 Å². The largest absolute Gasteiger partial charge is 0.479 e. The fraction of sp³-hybridized carbons (Fsp3) is 0.333. The van der Waals surface area contributed by atoms with Gasteiger partial charge in [0.1, 0.15) is 5.54 Å². The zero-order valence-corrected chi connectivity index (χ0v) is 11.7. The first-order valence-corrected chi connectivity index (χ1v) is 7.23. The number of urea groups is 1. The molecule has 0 aliphatic carbocycles. The number of thioether (sulfide) groups is 1. The van der Waals surface area contributed by atoms with E-state index in [0.717, 1.165) is 0 Å². The van der Waals surface area contributed by atoms with Gasteiger partial charge in [-0.25, -0.2) is 9.59 Å². The van der Waals surface area contributed by atoms with Gasteiger partial charge in [0.2, 0.25) is 0 Å².